The minimum Gasteiger partial charge on any atom is -0.494 e. The van der Waals surface area contributed by atoms with E-state index in [0.717, 1.165) is 11.3 Å². The van der Waals surface area contributed by atoms with Gasteiger partial charge in [-0.25, -0.2) is 17.7 Å². The molecular weight excluding hydrogens is 422 g/mol. The molecule has 0 bridgehead atoms. The quantitative estimate of drug-likeness (QED) is 0.505. The highest BCUT2D eigenvalue weighted by atomic mass is 32.2. The van der Waals surface area contributed by atoms with E-state index in [-0.39, 0.29) is 10.8 Å². The molecule has 0 atom stereocenters. The van der Waals surface area contributed by atoms with E-state index in [2.05, 4.69) is 10.3 Å². The lowest BCUT2D eigenvalue weighted by Gasteiger charge is -2.11. The molecule has 0 fully saturated rings. The maximum absolute atomic E-state index is 12.1. The summed E-state index contributed by atoms with van der Waals surface area (Å²) < 4.78 is 31.0. The third-order valence-corrected chi connectivity index (χ3v) is 6.83. The lowest BCUT2D eigenvalue weighted by atomic mass is 10.2. The summed E-state index contributed by atoms with van der Waals surface area (Å²) in [5, 5.41) is 5.12. The van der Waals surface area contributed by atoms with Crippen molar-refractivity contribution in [3.8, 4) is 17.0 Å². The largest absolute Gasteiger partial charge is 0.494 e. The Hall–Kier alpha value is -2.75. The van der Waals surface area contributed by atoms with Crippen LogP contribution in [0.3, 0.4) is 0 Å². The normalized spacial score (nSPS) is 11.4. The minimum absolute atomic E-state index is 0.125. The van der Waals surface area contributed by atoms with Gasteiger partial charge in [-0.1, -0.05) is 30.3 Å². The number of nitrogens with zero attached hydrogens (tertiary/aromatic N) is 2. The molecule has 0 saturated heterocycles. The van der Waals surface area contributed by atoms with Crippen LogP contribution >= 0.6 is 11.3 Å². The molecule has 7 nitrogen and oxygen atoms in total. The van der Waals surface area contributed by atoms with Gasteiger partial charge in [0.25, 0.3) is 0 Å². The first-order chi connectivity index (χ1) is 14.4. The number of benzene rings is 2. The average Bonchev–Trinajstić information content (AvgIpc) is 3.20. The van der Waals surface area contributed by atoms with Crippen molar-refractivity contribution in [1.82, 2.24) is 9.29 Å². The molecule has 3 rings (SSSR count). The van der Waals surface area contributed by atoms with Gasteiger partial charge >= 0.3 is 0 Å². The van der Waals surface area contributed by atoms with Crippen LogP contribution in [-0.4, -0.2) is 44.3 Å². The molecule has 3 aromatic rings. The second kappa shape index (κ2) is 9.84. The molecule has 0 spiro atoms. The predicted molar refractivity (Wildman–Crippen MR) is 118 cm³/mol. The average molecular weight is 446 g/mol. The number of carbonyl (C=O) groups excluding carboxylic acids is 1. The van der Waals surface area contributed by atoms with Crippen LogP contribution < -0.4 is 10.1 Å². The zero-order valence-electron chi connectivity index (χ0n) is 16.7. The number of nitrogens with one attached hydrogen (secondary N) is 1. The van der Waals surface area contributed by atoms with Crippen molar-refractivity contribution in [3.63, 3.8) is 0 Å². The topological polar surface area (TPSA) is 88.6 Å². The van der Waals surface area contributed by atoms with Gasteiger partial charge in [-0.15, -0.1) is 11.3 Å². The van der Waals surface area contributed by atoms with Crippen molar-refractivity contribution in [2.75, 3.05) is 26.0 Å². The molecule has 0 saturated carbocycles. The summed E-state index contributed by atoms with van der Waals surface area (Å²) in [7, 11) is -0.482. The number of sulfonamides is 1. The Kier molecular flexibility index (Phi) is 7.20. The first-order valence-corrected chi connectivity index (χ1v) is 11.6. The molecule has 1 aromatic heterocycles. The van der Waals surface area contributed by atoms with Crippen LogP contribution in [0.15, 0.2) is 64.9 Å². The van der Waals surface area contributed by atoms with Gasteiger partial charge < -0.3 is 10.1 Å². The zero-order valence-corrected chi connectivity index (χ0v) is 18.4. The van der Waals surface area contributed by atoms with E-state index in [1.165, 1.54) is 29.7 Å². The van der Waals surface area contributed by atoms with Gasteiger partial charge in [0.15, 0.2) is 5.13 Å². The lowest BCUT2D eigenvalue weighted by molar-refractivity contribution is -0.116. The molecule has 0 unspecified atom stereocenters. The first kappa shape index (κ1) is 21.9. The molecule has 0 aliphatic heterocycles. The van der Waals surface area contributed by atoms with Gasteiger partial charge in [0, 0.05) is 31.5 Å². The summed E-state index contributed by atoms with van der Waals surface area (Å²) in [6.45, 7) is 0.461. The predicted octanol–water partition coefficient (Wildman–Crippen LogP) is 3.86. The van der Waals surface area contributed by atoms with Crippen LogP contribution in [-0.2, 0) is 14.8 Å². The molecule has 1 heterocycles. The van der Waals surface area contributed by atoms with E-state index in [1.807, 2.05) is 35.7 Å². The van der Waals surface area contributed by atoms with Crippen molar-refractivity contribution >= 4 is 32.4 Å². The van der Waals surface area contributed by atoms with Crippen LogP contribution in [0.4, 0.5) is 5.13 Å². The molecule has 2 aromatic carbocycles. The fourth-order valence-corrected chi connectivity index (χ4v) is 4.23. The standard InChI is InChI=1S/C21H23N3O4S2/c1-24(2)30(26,27)18-12-10-16(11-13-18)19-15-29-21(22-19)23-20(25)9-6-14-28-17-7-4-3-5-8-17/h3-5,7-8,10-13,15H,6,9,14H2,1-2H3,(H,22,23,25). The SMILES string of the molecule is CN(C)S(=O)(=O)c1ccc(-c2csc(NC(=O)CCCOc3ccccc3)n2)cc1. The van der Waals surface area contributed by atoms with Crippen LogP contribution in [0.1, 0.15) is 12.8 Å². The van der Waals surface area contributed by atoms with E-state index in [0.29, 0.717) is 30.3 Å². The van der Waals surface area contributed by atoms with Gasteiger partial charge in [-0.05, 0) is 30.7 Å². The second-order valence-corrected chi connectivity index (χ2v) is 9.67. The Balaban J connectivity index is 1.51. The Morgan fingerprint density at radius 1 is 1.10 bits per heavy atom. The summed E-state index contributed by atoms with van der Waals surface area (Å²) in [6.07, 6.45) is 0.930. The summed E-state index contributed by atoms with van der Waals surface area (Å²) in [6, 6.07) is 16.0. The van der Waals surface area contributed by atoms with Crippen LogP contribution in [0.2, 0.25) is 0 Å². The number of amides is 1. The van der Waals surface area contributed by atoms with E-state index >= 15 is 0 Å². The molecule has 9 heteroatoms. The van der Waals surface area contributed by atoms with Crippen molar-refractivity contribution < 1.29 is 17.9 Å². The molecule has 1 N–H and O–H groups in total. The highest BCUT2D eigenvalue weighted by Gasteiger charge is 2.17. The number of para-hydroxylation sites is 1. The van der Waals surface area contributed by atoms with Crippen LogP contribution in [0, 0.1) is 0 Å². The number of thiazole rings is 1. The molecule has 158 valence electrons. The number of ether oxygens (including phenoxy) is 1. The van der Waals surface area contributed by atoms with E-state index in [1.54, 1.807) is 24.3 Å². The summed E-state index contributed by atoms with van der Waals surface area (Å²) in [4.78, 5) is 16.8. The third kappa shape index (κ3) is 5.65. The highest BCUT2D eigenvalue weighted by Crippen LogP contribution is 2.26. The monoisotopic (exact) mass is 445 g/mol. The van der Waals surface area contributed by atoms with Crippen LogP contribution in [0.5, 0.6) is 5.75 Å². The van der Waals surface area contributed by atoms with Gasteiger partial charge in [0.1, 0.15) is 5.75 Å². The Morgan fingerprint density at radius 3 is 2.47 bits per heavy atom. The second-order valence-electron chi connectivity index (χ2n) is 6.66. The fourth-order valence-electron chi connectivity index (χ4n) is 2.59. The number of rotatable bonds is 9. The summed E-state index contributed by atoms with van der Waals surface area (Å²) in [5.74, 6) is 0.659. The number of carbonyl (C=O) groups is 1. The Morgan fingerprint density at radius 2 is 1.80 bits per heavy atom. The highest BCUT2D eigenvalue weighted by molar-refractivity contribution is 7.89. The molecule has 1 amide bonds. The molecule has 0 radical (unpaired) electrons. The van der Waals surface area contributed by atoms with E-state index < -0.39 is 10.0 Å². The van der Waals surface area contributed by atoms with Gasteiger partial charge in [0.2, 0.25) is 15.9 Å². The van der Waals surface area contributed by atoms with Crippen molar-refractivity contribution in [1.29, 1.82) is 0 Å². The summed E-state index contributed by atoms with van der Waals surface area (Å²) >= 11 is 1.32. The van der Waals surface area contributed by atoms with E-state index in [9.17, 15) is 13.2 Å². The minimum atomic E-state index is -3.47. The van der Waals surface area contributed by atoms with Crippen LogP contribution in [0.25, 0.3) is 11.3 Å². The van der Waals surface area contributed by atoms with E-state index in [4.69, 9.17) is 4.74 Å². The number of hydrogen-bond acceptors (Lipinski definition) is 6. The molecule has 30 heavy (non-hydrogen) atoms. The number of aromatic nitrogens is 1. The Bertz CT molecular complexity index is 1080. The Labute approximate surface area is 180 Å². The lowest BCUT2D eigenvalue weighted by Crippen LogP contribution is -2.22. The van der Waals surface area contributed by atoms with Crippen molar-refractivity contribution in [2.45, 2.75) is 17.7 Å². The van der Waals surface area contributed by atoms with Crippen molar-refractivity contribution in [3.05, 3.63) is 60.0 Å². The van der Waals surface area contributed by atoms with Gasteiger partial charge in [0.05, 0.1) is 17.2 Å². The fraction of sp³-hybridized carbons (Fsp3) is 0.238. The number of anilines is 1. The van der Waals surface area contributed by atoms with Gasteiger partial charge in [-0.3, -0.25) is 4.79 Å². The maximum atomic E-state index is 12.1. The zero-order chi connectivity index (χ0) is 21.6. The maximum Gasteiger partial charge on any atom is 0.242 e. The molecular formula is C21H23N3O4S2. The van der Waals surface area contributed by atoms with Gasteiger partial charge in [-0.2, -0.15) is 0 Å². The molecule has 0 aliphatic carbocycles. The van der Waals surface area contributed by atoms with Crippen molar-refractivity contribution in [2.24, 2.45) is 0 Å². The number of hydrogen-bond donors (Lipinski definition) is 1. The first-order valence-electron chi connectivity index (χ1n) is 9.32. The smallest absolute Gasteiger partial charge is 0.242 e. The molecule has 0 aliphatic rings. The third-order valence-electron chi connectivity index (χ3n) is 4.24. The summed E-state index contributed by atoms with van der Waals surface area (Å²) in [5.41, 5.74) is 1.46.